The Morgan fingerprint density at radius 2 is 1.79 bits per heavy atom. The summed E-state index contributed by atoms with van der Waals surface area (Å²) in [4.78, 5) is 29.3. The standard InChI is InChI=1S/C29H32N2O8/c1-16-12-23(32)26(29(34)39-16)21(19-7-9-24(36-3)28(38-5)27(19)37-4)14-25(33)30-11-10-17-15-31-22-8-6-18(35-2)13-20(17)22/h6-9,12-13,15,21,31-32H,10-11,14H2,1-5H3,(H,30,33)/t21-/m0/s1. The maximum atomic E-state index is 13.2. The second kappa shape index (κ2) is 11.8. The third kappa shape index (κ3) is 5.64. The number of benzene rings is 2. The Kier molecular flexibility index (Phi) is 8.33. The van der Waals surface area contributed by atoms with E-state index in [2.05, 4.69) is 10.3 Å². The normalized spacial score (nSPS) is 11.7. The van der Waals surface area contributed by atoms with E-state index in [0.29, 0.717) is 30.0 Å². The Hall–Kier alpha value is -4.60. The minimum Gasteiger partial charge on any atom is -0.507 e. The van der Waals surface area contributed by atoms with Gasteiger partial charge in [-0.1, -0.05) is 6.07 Å². The van der Waals surface area contributed by atoms with Crippen molar-refractivity contribution in [1.82, 2.24) is 10.3 Å². The number of H-pyrrole nitrogens is 1. The predicted octanol–water partition coefficient (Wildman–Crippen LogP) is 4.05. The summed E-state index contributed by atoms with van der Waals surface area (Å²) >= 11 is 0. The van der Waals surface area contributed by atoms with E-state index in [1.807, 2.05) is 24.4 Å². The van der Waals surface area contributed by atoms with Gasteiger partial charge in [-0.25, -0.2) is 4.79 Å². The van der Waals surface area contributed by atoms with Crippen molar-refractivity contribution >= 4 is 16.8 Å². The molecular weight excluding hydrogens is 504 g/mol. The van der Waals surface area contributed by atoms with Gasteiger partial charge in [-0.3, -0.25) is 4.79 Å². The van der Waals surface area contributed by atoms with Gasteiger partial charge >= 0.3 is 5.63 Å². The highest BCUT2D eigenvalue weighted by molar-refractivity contribution is 5.85. The number of hydrogen-bond acceptors (Lipinski definition) is 8. The predicted molar refractivity (Wildman–Crippen MR) is 146 cm³/mol. The molecule has 0 radical (unpaired) electrons. The van der Waals surface area contributed by atoms with Gasteiger partial charge in [0.1, 0.15) is 17.3 Å². The van der Waals surface area contributed by atoms with Crippen molar-refractivity contribution in [2.24, 2.45) is 0 Å². The fraction of sp³-hybridized carbons (Fsp3) is 0.310. The summed E-state index contributed by atoms with van der Waals surface area (Å²) in [6, 6.07) is 10.4. The van der Waals surface area contributed by atoms with Crippen molar-refractivity contribution in [2.75, 3.05) is 35.0 Å². The van der Waals surface area contributed by atoms with Crippen LogP contribution in [0.4, 0.5) is 0 Å². The molecule has 0 saturated heterocycles. The van der Waals surface area contributed by atoms with Gasteiger partial charge in [-0.2, -0.15) is 0 Å². The second-order valence-corrected chi connectivity index (χ2v) is 8.95. The van der Waals surface area contributed by atoms with Gasteiger partial charge in [-0.05, 0) is 43.2 Å². The van der Waals surface area contributed by atoms with Crippen LogP contribution >= 0.6 is 0 Å². The number of amides is 1. The minimum atomic E-state index is -0.894. The van der Waals surface area contributed by atoms with Crippen LogP contribution in [0.15, 0.2) is 51.8 Å². The molecule has 0 unspecified atom stereocenters. The number of carbonyl (C=O) groups excluding carboxylic acids is 1. The molecule has 0 fully saturated rings. The fourth-order valence-corrected chi connectivity index (χ4v) is 4.78. The number of methoxy groups -OCH3 is 4. The molecule has 1 atom stereocenters. The van der Waals surface area contributed by atoms with Crippen LogP contribution in [0, 0.1) is 6.92 Å². The number of aromatic amines is 1. The molecule has 3 N–H and O–H groups in total. The molecule has 2 heterocycles. The lowest BCUT2D eigenvalue weighted by molar-refractivity contribution is -0.121. The molecule has 0 saturated carbocycles. The van der Waals surface area contributed by atoms with Crippen molar-refractivity contribution in [3.63, 3.8) is 0 Å². The first-order valence-electron chi connectivity index (χ1n) is 12.3. The zero-order valence-corrected chi connectivity index (χ0v) is 22.5. The average molecular weight is 537 g/mol. The van der Waals surface area contributed by atoms with E-state index in [4.69, 9.17) is 23.4 Å². The van der Waals surface area contributed by atoms with Crippen molar-refractivity contribution < 1.29 is 33.3 Å². The van der Waals surface area contributed by atoms with Crippen LogP contribution in [0.5, 0.6) is 28.7 Å². The summed E-state index contributed by atoms with van der Waals surface area (Å²) < 4.78 is 27.1. The summed E-state index contributed by atoms with van der Waals surface area (Å²) in [5.41, 5.74) is 1.67. The van der Waals surface area contributed by atoms with Crippen LogP contribution in [-0.4, -0.2) is 51.0 Å². The Morgan fingerprint density at radius 1 is 1.03 bits per heavy atom. The van der Waals surface area contributed by atoms with Crippen LogP contribution in [-0.2, 0) is 11.2 Å². The molecule has 0 aliphatic heterocycles. The van der Waals surface area contributed by atoms with E-state index in [0.717, 1.165) is 22.2 Å². The first kappa shape index (κ1) is 27.4. The van der Waals surface area contributed by atoms with Crippen molar-refractivity contribution in [3.8, 4) is 28.7 Å². The monoisotopic (exact) mass is 536 g/mol. The smallest absolute Gasteiger partial charge is 0.343 e. The third-order valence-corrected chi connectivity index (χ3v) is 6.63. The molecule has 2 aromatic carbocycles. The molecule has 10 heteroatoms. The summed E-state index contributed by atoms with van der Waals surface area (Å²) in [5.74, 6) is 0.496. The van der Waals surface area contributed by atoms with Gasteiger partial charge in [0.15, 0.2) is 11.5 Å². The number of aryl methyl sites for hydroxylation is 1. The van der Waals surface area contributed by atoms with Crippen LogP contribution < -0.4 is 29.9 Å². The number of hydrogen-bond donors (Lipinski definition) is 3. The van der Waals surface area contributed by atoms with Crippen molar-refractivity contribution in [1.29, 1.82) is 0 Å². The molecular formula is C29H32N2O8. The molecule has 39 heavy (non-hydrogen) atoms. The summed E-state index contributed by atoms with van der Waals surface area (Å²) in [6.45, 7) is 1.91. The first-order valence-corrected chi connectivity index (χ1v) is 12.3. The molecule has 4 aromatic rings. The zero-order valence-electron chi connectivity index (χ0n) is 22.5. The maximum absolute atomic E-state index is 13.2. The Morgan fingerprint density at radius 3 is 2.46 bits per heavy atom. The van der Waals surface area contributed by atoms with Gasteiger partial charge < -0.3 is 38.8 Å². The van der Waals surface area contributed by atoms with Gasteiger partial charge in [-0.15, -0.1) is 0 Å². The Balaban J connectivity index is 1.62. The average Bonchev–Trinajstić information content (AvgIpc) is 3.32. The van der Waals surface area contributed by atoms with Crippen LogP contribution in [0.1, 0.15) is 34.8 Å². The molecule has 0 spiro atoms. The summed E-state index contributed by atoms with van der Waals surface area (Å²) in [6.07, 6.45) is 2.32. The van der Waals surface area contributed by atoms with E-state index >= 15 is 0 Å². The van der Waals surface area contributed by atoms with Gasteiger partial charge in [0.25, 0.3) is 0 Å². The van der Waals surface area contributed by atoms with E-state index in [9.17, 15) is 14.7 Å². The lowest BCUT2D eigenvalue weighted by Crippen LogP contribution is -2.29. The molecule has 4 rings (SSSR count). The number of aromatic nitrogens is 1. The molecule has 1 amide bonds. The molecule has 0 aliphatic carbocycles. The lowest BCUT2D eigenvalue weighted by Gasteiger charge is -2.22. The maximum Gasteiger partial charge on any atom is 0.343 e. The Bertz CT molecular complexity index is 1540. The first-order chi connectivity index (χ1) is 18.8. The molecule has 2 aromatic heterocycles. The number of ether oxygens (including phenoxy) is 4. The van der Waals surface area contributed by atoms with E-state index in [1.165, 1.54) is 27.4 Å². The van der Waals surface area contributed by atoms with Crippen LogP contribution in [0.25, 0.3) is 10.9 Å². The highest BCUT2D eigenvalue weighted by atomic mass is 16.5. The van der Waals surface area contributed by atoms with E-state index in [1.54, 1.807) is 26.2 Å². The van der Waals surface area contributed by atoms with Crippen molar-refractivity contribution in [3.05, 3.63) is 75.5 Å². The summed E-state index contributed by atoms with van der Waals surface area (Å²) in [5, 5.41) is 14.7. The van der Waals surface area contributed by atoms with Gasteiger partial charge in [0, 0.05) is 47.6 Å². The van der Waals surface area contributed by atoms with E-state index in [-0.39, 0.29) is 35.2 Å². The largest absolute Gasteiger partial charge is 0.507 e. The Labute approximate surface area is 225 Å². The molecule has 0 aliphatic rings. The molecule has 206 valence electrons. The van der Waals surface area contributed by atoms with E-state index < -0.39 is 11.5 Å². The molecule has 0 bridgehead atoms. The van der Waals surface area contributed by atoms with Gasteiger partial charge in [0.05, 0.1) is 34.0 Å². The highest BCUT2D eigenvalue weighted by Crippen LogP contribution is 2.45. The number of aromatic hydroxyl groups is 1. The zero-order chi connectivity index (χ0) is 28.1. The number of fused-ring (bicyclic) bond motifs is 1. The molecule has 10 nitrogen and oxygen atoms in total. The topological polar surface area (TPSA) is 132 Å². The van der Waals surface area contributed by atoms with Crippen LogP contribution in [0.2, 0.25) is 0 Å². The number of nitrogens with one attached hydrogen (secondary N) is 2. The highest BCUT2D eigenvalue weighted by Gasteiger charge is 2.30. The number of rotatable bonds is 11. The van der Waals surface area contributed by atoms with Crippen molar-refractivity contribution in [2.45, 2.75) is 25.7 Å². The minimum absolute atomic E-state index is 0.0509. The van der Waals surface area contributed by atoms with Gasteiger partial charge in [0.2, 0.25) is 11.7 Å². The fourth-order valence-electron chi connectivity index (χ4n) is 4.78. The lowest BCUT2D eigenvalue weighted by atomic mass is 9.87. The third-order valence-electron chi connectivity index (χ3n) is 6.63. The number of carbonyl (C=O) groups is 1. The van der Waals surface area contributed by atoms with Crippen LogP contribution in [0.3, 0.4) is 0 Å². The quantitative estimate of drug-likeness (QED) is 0.262. The second-order valence-electron chi connectivity index (χ2n) is 8.95. The SMILES string of the molecule is COc1ccc2[nH]cc(CCNC(=O)C[C@@H](c3ccc(OC)c(OC)c3OC)c3c(O)cc(C)oc3=O)c2c1. The summed E-state index contributed by atoms with van der Waals surface area (Å²) in [7, 11) is 6.02.